The molecular weight excluding hydrogens is 278 g/mol. The number of likely N-dealkylation sites (tertiary alicyclic amines) is 1. The van der Waals surface area contributed by atoms with E-state index in [9.17, 15) is 5.11 Å². The van der Waals surface area contributed by atoms with Gasteiger partial charge in [-0.2, -0.15) is 0 Å². The molecule has 2 aliphatic heterocycles. The van der Waals surface area contributed by atoms with Crippen molar-refractivity contribution in [2.24, 2.45) is 0 Å². The second-order valence-corrected chi connectivity index (χ2v) is 6.75. The molecule has 2 aliphatic rings. The predicted molar refractivity (Wildman–Crippen MR) is 85.8 cm³/mol. The van der Waals surface area contributed by atoms with E-state index in [0.29, 0.717) is 25.7 Å². The smallest absolute Gasteiger partial charge is 0.170 e. The van der Waals surface area contributed by atoms with Gasteiger partial charge in [0.1, 0.15) is 0 Å². The van der Waals surface area contributed by atoms with Gasteiger partial charge >= 0.3 is 0 Å². The van der Waals surface area contributed by atoms with Crippen LogP contribution in [0.25, 0.3) is 0 Å². The number of hydrogen-bond donors (Lipinski definition) is 1. The van der Waals surface area contributed by atoms with E-state index in [4.69, 9.17) is 9.47 Å². The Morgan fingerprint density at radius 2 is 1.59 bits per heavy atom. The van der Waals surface area contributed by atoms with Crippen molar-refractivity contribution in [3.8, 4) is 0 Å². The molecule has 0 bridgehead atoms. The second-order valence-electron chi connectivity index (χ2n) is 6.75. The second kappa shape index (κ2) is 6.67. The highest BCUT2D eigenvalue weighted by molar-refractivity contribution is 5.26. The lowest BCUT2D eigenvalue weighted by Gasteiger charge is -2.38. The van der Waals surface area contributed by atoms with E-state index in [0.717, 1.165) is 31.5 Å². The van der Waals surface area contributed by atoms with E-state index in [2.05, 4.69) is 43.0 Å². The lowest BCUT2D eigenvalue weighted by molar-refractivity contribution is -0.186. The number of piperidine rings is 1. The van der Waals surface area contributed by atoms with Crippen molar-refractivity contribution >= 4 is 0 Å². The number of aliphatic hydroxyl groups excluding tert-OH is 1. The SMILES string of the molecule is CC(C)c1ccc(C(O)CN2CCC3(CC2)OCCO3)cc1. The van der Waals surface area contributed by atoms with Gasteiger partial charge in [0, 0.05) is 32.5 Å². The number of benzene rings is 1. The van der Waals surface area contributed by atoms with E-state index in [1.54, 1.807) is 0 Å². The molecule has 1 aromatic rings. The third kappa shape index (κ3) is 3.51. The van der Waals surface area contributed by atoms with Gasteiger partial charge in [-0.15, -0.1) is 0 Å². The van der Waals surface area contributed by atoms with Crippen LogP contribution in [-0.2, 0) is 9.47 Å². The number of hydrogen-bond acceptors (Lipinski definition) is 4. The number of aliphatic hydroxyl groups is 1. The van der Waals surface area contributed by atoms with Gasteiger partial charge in [-0.3, -0.25) is 0 Å². The summed E-state index contributed by atoms with van der Waals surface area (Å²) >= 11 is 0. The summed E-state index contributed by atoms with van der Waals surface area (Å²) in [7, 11) is 0. The standard InChI is InChI=1S/C18H27NO3/c1-14(2)15-3-5-16(6-4-15)17(20)13-19-9-7-18(8-10-19)21-11-12-22-18/h3-6,14,17,20H,7-13H2,1-2H3. The monoisotopic (exact) mass is 305 g/mol. The van der Waals surface area contributed by atoms with Crippen molar-refractivity contribution in [3.63, 3.8) is 0 Å². The minimum atomic E-state index is -0.430. The van der Waals surface area contributed by atoms with E-state index < -0.39 is 6.10 Å². The molecule has 0 radical (unpaired) electrons. The Balaban J connectivity index is 1.52. The van der Waals surface area contributed by atoms with Crippen LogP contribution in [0, 0.1) is 0 Å². The first-order chi connectivity index (χ1) is 10.6. The van der Waals surface area contributed by atoms with Gasteiger partial charge < -0.3 is 19.5 Å². The van der Waals surface area contributed by atoms with Gasteiger partial charge in [0.15, 0.2) is 5.79 Å². The molecule has 1 atom stereocenters. The molecule has 0 aliphatic carbocycles. The average molecular weight is 305 g/mol. The molecule has 0 aromatic heterocycles. The molecule has 1 N–H and O–H groups in total. The molecule has 1 aromatic carbocycles. The van der Waals surface area contributed by atoms with Crippen LogP contribution >= 0.6 is 0 Å². The summed E-state index contributed by atoms with van der Waals surface area (Å²) in [6, 6.07) is 8.34. The lowest BCUT2D eigenvalue weighted by Crippen LogP contribution is -2.46. The average Bonchev–Trinajstić information content (AvgIpc) is 2.98. The normalized spacial score (nSPS) is 23.3. The molecule has 4 heteroatoms. The number of β-amino-alcohol motifs (C(OH)–C–C–N with tert-alkyl or cyclic N) is 1. The fourth-order valence-corrected chi connectivity index (χ4v) is 3.32. The zero-order chi connectivity index (χ0) is 15.6. The molecule has 0 saturated carbocycles. The van der Waals surface area contributed by atoms with Crippen LogP contribution in [0.2, 0.25) is 0 Å². The largest absolute Gasteiger partial charge is 0.387 e. The minimum Gasteiger partial charge on any atom is -0.387 e. The summed E-state index contributed by atoms with van der Waals surface area (Å²) in [5.41, 5.74) is 2.31. The predicted octanol–water partition coefficient (Wildman–Crippen LogP) is 2.68. The van der Waals surface area contributed by atoms with Crippen molar-refractivity contribution in [1.29, 1.82) is 0 Å². The van der Waals surface area contributed by atoms with Crippen LogP contribution in [0.5, 0.6) is 0 Å². The number of rotatable bonds is 4. The molecular formula is C18H27NO3. The van der Waals surface area contributed by atoms with Crippen LogP contribution in [0.4, 0.5) is 0 Å². The zero-order valence-corrected chi connectivity index (χ0v) is 13.6. The van der Waals surface area contributed by atoms with Crippen molar-refractivity contribution in [2.75, 3.05) is 32.8 Å². The summed E-state index contributed by atoms with van der Waals surface area (Å²) in [6.45, 7) is 8.30. The lowest BCUT2D eigenvalue weighted by atomic mass is 9.99. The molecule has 4 nitrogen and oxygen atoms in total. The first-order valence-electron chi connectivity index (χ1n) is 8.36. The Bertz CT molecular complexity index is 470. The first-order valence-corrected chi connectivity index (χ1v) is 8.36. The Morgan fingerprint density at radius 1 is 1.05 bits per heavy atom. The van der Waals surface area contributed by atoms with Gasteiger partial charge in [-0.1, -0.05) is 38.1 Å². The van der Waals surface area contributed by atoms with E-state index in [1.807, 2.05) is 0 Å². The number of nitrogens with zero attached hydrogens (tertiary/aromatic N) is 1. The Kier molecular flexibility index (Phi) is 4.83. The summed E-state index contributed by atoms with van der Waals surface area (Å²) in [4.78, 5) is 2.30. The Morgan fingerprint density at radius 3 is 2.14 bits per heavy atom. The van der Waals surface area contributed by atoms with Gasteiger partial charge in [0.05, 0.1) is 19.3 Å². The highest BCUT2D eigenvalue weighted by Gasteiger charge is 2.39. The molecule has 3 rings (SSSR count). The van der Waals surface area contributed by atoms with Crippen LogP contribution in [0.1, 0.15) is 49.8 Å². The van der Waals surface area contributed by atoms with E-state index in [-0.39, 0.29) is 5.79 Å². The molecule has 22 heavy (non-hydrogen) atoms. The molecule has 2 saturated heterocycles. The van der Waals surface area contributed by atoms with Crippen molar-refractivity contribution in [1.82, 2.24) is 4.90 Å². The highest BCUT2D eigenvalue weighted by atomic mass is 16.7. The third-order valence-corrected chi connectivity index (χ3v) is 4.85. The fraction of sp³-hybridized carbons (Fsp3) is 0.667. The maximum atomic E-state index is 10.5. The molecule has 2 heterocycles. The molecule has 1 unspecified atom stereocenters. The van der Waals surface area contributed by atoms with Crippen LogP contribution < -0.4 is 0 Å². The number of ether oxygens (including phenoxy) is 2. The molecule has 2 fully saturated rings. The van der Waals surface area contributed by atoms with Gasteiger partial charge in [0.25, 0.3) is 0 Å². The Labute approximate surface area is 133 Å². The quantitative estimate of drug-likeness (QED) is 0.928. The van der Waals surface area contributed by atoms with Gasteiger partial charge in [0.2, 0.25) is 0 Å². The highest BCUT2D eigenvalue weighted by Crippen LogP contribution is 2.32. The van der Waals surface area contributed by atoms with Crippen LogP contribution in [0.15, 0.2) is 24.3 Å². The van der Waals surface area contributed by atoms with Crippen LogP contribution in [-0.4, -0.2) is 48.6 Å². The van der Waals surface area contributed by atoms with Crippen molar-refractivity contribution < 1.29 is 14.6 Å². The van der Waals surface area contributed by atoms with E-state index in [1.165, 1.54) is 5.56 Å². The summed E-state index contributed by atoms with van der Waals surface area (Å²) in [5.74, 6) is 0.191. The summed E-state index contributed by atoms with van der Waals surface area (Å²) in [6.07, 6.45) is 1.36. The summed E-state index contributed by atoms with van der Waals surface area (Å²) in [5, 5.41) is 10.5. The fourth-order valence-electron chi connectivity index (χ4n) is 3.32. The first kappa shape index (κ1) is 15.9. The van der Waals surface area contributed by atoms with E-state index >= 15 is 0 Å². The molecule has 0 amide bonds. The molecule has 1 spiro atoms. The third-order valence-electron chi connectivity index (χ3n) is 4.85. The Hall–Kier alpha value is -0.940. The minimum absolute atomic E-state index is 0.333. The van der Waals surface area contributed by atoms with Crippen molar-refractivity contribution in [3.05, 3.63) is 35.4 Å². The topological polar surface area (TPSA) is 41.9 Å². The van der Waals surface area contributed by atoms with Gasteiger partial charge in [-0.05, 0) is 17.0 Å². The van der Waals surface area contributed by atoms with Gasteiger partial charge in [-0.25, -0.2) is 0 Å². The maximum Gasteiger partial charge on any atom is 0.170 e. The maximum absolute atomic E-state index is 10.5. The zero-order valence-electron chi connectivity index (χ0n) is 13.6. The summed E-state index contributed by atoms with van der Waals surface area (Å²) < 4.78 is 11.5. The molecule has 122 valence electrons. The van der Waals surface area contributed by atoms with Crippen LogP contribution in [0.3, 0.4) is 0 Å². The van der Waals surface area contributed by atoms with Crippen molar-refractivity contribution in [2.45, 2.75) is 44.5 Å².